The molecule has 1 fully saturated rings. The molecule has 1 saturated heterocycles. The van der Waals surface area contributed by atoms with Crippen molar-refractivity contribution in [2.24, 2.45) is 4.99 Å². The minimum absolute atomic E-state index is 0.286. The van der Waals surface area contributed by atoms with Crippen LogP contribution >= 0.6 is 0 Å². The van der Waals surface area contributed by atoms with Crippen molar-refractivity contribution in [3.8, 4) is 5.75 Å². The summed E-state index contributed by atoms with van der Waals surface area (Å²) >= 11 is 0. The van der Waals surface area contributed by atoms with Gasteiger partial charge in [0.15, 0.2) is 5.96 Å². The molecule has 25 heavy (non-hydrogen) atoms. The highest BCUT2D eigenvalue weighted by Crippen LogP contribution is 2.13. The fourth-order valence-corrected chi connectivity index (χ4v) is 2.72. The Labute approximate surface area is 151 Å². The van der Waals surface area contributed by atoms with Gasteiger partial charge in [0.1, 0.15) is 5.75 Å². The third-order valence-corrected chi connectivity index (χ3v) is 4.15. The molecule has 1 aliphatic heterocycles. The normalized spacial score (nSPS) is 17.5. The van der Waals surface area contributed by atoms with Crippen LogP contribution in [0.2, 0.25) is 0 Å². The molecule has 2 N–H and O–H groups in total. The summed E-state index contributed by atoms with van der Waals surface area (Å²) in [5.41, 5.74) is 1.29. The average Bonchev–Trinajstić information content (AvgIpc) is 3.16. The maximum atomic E-state index is 5.75. The first kappa shape index (κ1) is 19.5. The molecular weight excluding hydrogens is 318 g/mol. The van der Waals surface area contributed by atoms with Crippen molar-refractivity contribution in [3.63, 3.8) is 0 Å². The predicted molar refractivity (Wildman–Crippen MR) is 100 cm³/mol. The quantitative estimate of drug-likeness (QED) is 0.384. The molecule has 140 valence electrons. The van der Waals surface area contributed by atoms with Crippen LogP contribution in [0.5, 0.6) is 5.75 Å². The number of guanidine groups is 1. The molecule has 0 radical (unpaired) electrons. The summed E-state index contributed by atoms with van der Waals surface area (Å²) in [5, 5.41) is 6.67. The van der Waals surface area contributed by atoms with Crippen molar-refractivity contribution in [3.05, 3.63) is 29.8 Å². The van der Waals surface area contributed by atoms with E-state index in [1.165, 1.54) is 5.56 Å². The van der Waals surface area contributed by atoms with Crippen molar-refractivity contribution in [2.45, 2.75) is 31.8 Å². The maximum Gasteiger partial charge on any atom is 0.190 e. The topological polar surface area (TPSA) is 64.1 Å². The van der Waals surface area contributed by atoms with Crippen LogP contribution in [0.1, 0.15) is 24.8 Å². The van der Waals surface area contributed by atoms with Gasteiger partial charge in [-0.25, -0.2) is 0 Å². The van der Waals surface area contributed by atoms with Crippen molar-refractivity contribution in [2.75, 3.05) is 47.1 Å². The highest BCUT2D eigenvalue weighted by Gasteiger charge is 2.15. The fourth-order valence-electron chi connectivity index (χ4n) is 2.72. The van der Waals surface area contributed by atoms with Crippen LogP contribution < -0.4 is 15.4 Å². The Hall–Kier alpha value is -1.79. The van der Waals surface area contributed by atoms with Crippen molar-refractivity contribution >= 4 is 5.96 Å². The van der Waals surface area contributed by atoms with E-state index in [1.54, 1.807) is 14.2 Å². The molecule has 0 aliphatic carbocycles. The Morgan fingerprint density at radius 1 is 1.28 bits per heavy atom. The number of rotatable bonds is 10. The van der Waals surface area contributed by atoms with Crippen molar-refractivity contribution in [1.82, 2.24) is 10.6 Å². The minimum atomic E-state index is 0.286. The number of ether oxygens (including phenoxy) is 3. The van der Waals surface area contributed by atoms with Crippen LogP contribution in [-0.4, -0.2) is 59.1 Å². The van der Waals surface area contributed by atoms with E-state index in [4.69, 9.17) is 14.2 Å². The van der Waals surface area contributed by atoms with Gasteiger partial charge in [-0.2, -0.15) is 0 Å². The number of methoxy groups -OCH3 is 1. The molecule has 1 aliphatic rings. The molecule has 6 nitrogen and oxygen atoms in total. The first-order valence-electron chi connectivity index (χ1n) is 9.08. The first-order chi connectivity index (χ1) is 12.3. The number of nitrogens with one attached hydrogen (secondary N) is 2. The predicted octanol–water partition coefficient (Wildman–Crippen LogP) is 1.99. The molecule has 1 aromatic rings. The van der Waals surface area contributed by atoms with Gasteiger partial charge in [-0.15, -0.1) is 0 Å². The zero-order chi connectivity index (χ0) is 17.7. The smallest absolute Gasteiger partial charge is 0.190 e. The van der Waals surface area contributed by atoms with E-state index in [0.717, 1.165) is 70.3 Å². The number of nitrogens with zero attached hydrogens (tertiary/aromatic N) is 1. The summed E-state index contributed by atoms with van der Waals surface area (Å²) in [5.74, 6) is 1.75. The monoisotopic (exact) mass is 349 g/mol. The van der Waals surface area contributed by atoms with Gasteiger partial charge in [0.25, 0.3) is 0 Å². The van der Waals surface area contributed by atoms with Crippen molar-refractivity contribution in [1.29, 1.82) is 0 Å². The second kappa shape index (κ2) is 11.7. The summed E-state index contributed by atoms with van der Waals surface area (Å²) in [6.45, 7) is 4.06. The average molecular weight is 349 g/mol. The number of hydrogen-bond acceptors (Lipinski definition) is 4. The molecule has 1 unspecified atom stereocenters. The summed E-state index contributed by atoms with van der Waals surface area (Å²) < 4.78 is 16.3. The Balaban J connectivity index is 1.52. The zero-order valence-corrected chi connectivity index (χ0v) is 15.4. The summed E-state index contributed by atoms with van der Waals surface area (Å²) in [6, 6.07) is 8.21. The van der Waals surface area contributed by atoms with Gasteiger partial charge in [0.2, 0.25) is 0 Å². The molecule has 0 aromatic heterocycles. The number of benzene rings is 1. The Morgan fingerprint density at radius 2 is 2.12 bits per heavy atom. The van der Waals surface area contributed by atoms with E-state index in [0.29, 0.717) is 0 Å². The molecule has 0 spiro atoms. The van der Waals surface area contributed by atoms with Crippen LogP contribution in [0, 0.1) is 0 Å². The van der Waals surface area contributed by atoms with E-state index in [2.05, 4.69) is 27.8 Å². The Morgan fingerprint density at radius 3 is 2.84 bits per heavy atom. The lowest BCUT2D eigenvalue weighted by Gasteiger charge is -2.13. The van der Waals surface area contributed by atoms with E-state index in [-0.39, 0.29) is 6.10 Å². The molecule has 0 amide bonds. The van der Waals surface area contributed by atoms with Gasteiger partial charge in [-0.1, -0.05) is 12.1 Å². The zero-order valence-electron chi connectivity index (χ0n) is 15.4. The van der Waals surface area contributed by atoms with Gasteiger partial charge in [0, 0.05) is 33.4 Å². The van der Waals surface area contributed by atoms with Crippen LogP contribution in [0.15, 0.2) is 29.3 Å². The lowest BCUT2D eigenvalue weighted by atomic mass is 10.1. The third-order valence-electron chi connectivity index (χ3n) is 4.15. The van der Waals surface area contributed by atoms with Crippen LogP contribution in [0.4, 0.5) is 0 Å². The first-order valence-corrected chi connectivity index (χ1v) is 9.08. The second-order valence-corrected chi connectivity index (χ2v) is 6.09. The Kier molecular flexibility index (Phi) is 9.15. The van der Waals surface area contributed by atoms with Gasteiger partial charge < -0.3 is 24.8 Å². The van der Waals surface area contributed by atoms with E-state index in [1.807, 2.05) is 12.1 Å². The van der Waals surface area contributed by atoms with Crippen LogP contribution in [0.25, 0.3) is 0 Å². The van der Waals surface area contributed by atoms with E-state index in [9.17, 15) is 0 Å². The molecule has 1 atom stereocenters. The molecule has 1 heterocycles. The van der Waals surface area contributed by atoms with Gasteiger partial charge in [-0.3, -0.25) is 4.99 Å². The molecule has 1 aromatic carbocycles. The molecule has 0 saturated carbocycles. The minimum Gasteiger partial charge on any atom is -0.497 e. The van der Waals surface area contributed by atoms with Crippen molar-refractivity contribution < 1.29 is 14.2 Å². The van der Waals surface area contributed by atoms with Gasteiger partial charge >= 0.3 is 0 Å². The summed E-state index contributed by atoms with van der Waals surface area (Å²) in [6.07, 6.45) is 4.32. The lowest BCUT2D eigenvalue weighted by molar-refractivity contribution is 0.0420. The number of aliphatic imine (C=N–C) groups is 1. The summed E-state index contributed by atoms with van der Waals surface area (Å²) in [7, 11) is 3.49. The molecular formula is C19H31N3O3. The highest BCUT2D eigenvalue weighted by molar-refractivity contribution is 5.79. The molecule has 6 heteroatoms. The number of aryl methyl sites for hydroxylation is 1. The summed E-state index contributed by atoms with van der Waals surface area (Å²) in [4.78, 5) is 4.25. The van der Waals surface area contributed by atoms with E-state index >= 15 is 0 Å². The lowest BCUT2D eigenvalue weighted by Crippen LogP contribution is -2.38. The maximum absolute atomic E-state index is 5.75. The highest BCUT2D eigenvalue weighted by atomic mass is 16.5. The molecule has 0 bridgehead atoms. The second-order valence-electron chi connectivity index (χ2n) is 6.09. The van der Waals surface area contributed by atoms with Gasteiger partial charge in [-0.05, 0) is 43.4 Å². The van der Waals surface area contributed by atoms with E-state index < -0.39 is 0 Å². The van der Waals surface area contributed by atoms with Crippen LogP contribution in [0.3, 0.4) is 0 Å². The number of hydrogen-bond donors (Lipinski definition) is 2. The Bertz CT molecular complexity index is 516. The largest absolute Gasteiger partial charge is 0.497 e. The fraction of sp³-hybridized carbons (Fsp3) is 0.632. The van der Waals surface area contributed by atoms with Crippen LogP contribution in [-0.2, 0) is 15.9 Å². The SMILES string of the molecule is CN=C(NCCCOC1CCOC1)NCCCc1cccc(OC)c1. The molecule has 2 rings (SSSR count). The third kappa shape index (κ3) is 7.75. The van der Waals surface area contributed by atoms with Gasteiger partial charge in [0.05, 0.1) is 19.8 Å². The standard InChI is InChI=1S/C19H31N3O3/c1-20-19(22-11-5-12-25-18-9-13-24-15-18)21-10-4-7-16-6-3-8-17(14-16)23-2/h3,6,8,14,18H,4-5,7,9-13,15H2,1-2H3,(H2,20,21,22).